The summed E-state index contributed by atoms with van der Waals surface area (Å²) in [4.78, 5) is 15.6. The molecule has 20 heavy (non-hydrogen) atoms. The van der Waals surface area contributed by atoms with Gasteiger partial charge in [-0.15, -0.1) is 11.8 Å². The third kappa shape index (κ3) is 4.25. The summed E-state index contributed by atoms with van der Waals surface area (Å²) >= 11 is 1.66. The number of anilines is 1. The number of amides is 1. The van der Waals surface area contributed by atoms with Crippen molar-refractivity contribution < 1.29 is 4.79 Å². The van der Waals surface area contributed by atoms with Crippen LogP contribution >= 0.6 is 11.8 Å². The standard InChI is InChI=1S/C16H24N2OS/c1-12-8-13(2)10-18(9-12)11-16(19)17-14-6-4-5-7-15(14)20-3/h4-7,12-13H,8-11H2,1-3H3,(H,17,19)/t12-,13-/m0/s1. The first-order valence-corrected chi connectivity index (χ1v) is 8.46. The topological polar surface area (TPSA) is 32.3 Å². The lowest BCUT2D eigenvalue weighted by atomic mass is 9.92. The minimum atomic E-state index is 0.0906. The average Bonchev–Trinajstić information content (AvgIpc) is 2.37. The highest BCUT2D eigenvalue weighted by atomic mass is 32.2. The summed E-state index contributed by atoms with van der Waals surface area (Å²) in [6.45, 7) is 7.09. The van der Waals surface area contributed by atoms with Gasteiger partial charge in [-0.2, -0.15) is 0 Å². The lowest BCUT2D eigenvalue weighted by Gasteiger charge is -2.34. The number of likely N-dealkylation sites (tertiary alicyclic amines) is 1. The van der Waals surface area contributed by atoms with Crippen LogP contribution in [0.2, 0.25) is 0 Å². The summed E-state index contributed by atoms with van der Waals surface area (Å²) in [5.74, 6) is 1.46. The van der Waals surface area contributed by atoms with Crippen molar-refractivity contribution >= 4 is 23.4 Å². The maximum Gasteiger partial charge on any atom is 0.238 e. The summed E-state index contributed by atoms with van der Waals surface area (Å²) in [6.07, 6.45) is 3.30. The first kappa shape index (κ1) is 15.4. The Morgan fingerprint density at radius 1 is 1.30 bits per heavy atom. The highest BCUT2D eigenvalue weighted by Crippen LogP contribution is 2.25. The van der Waals surface area contributed by atoms with Crippen molar-refractivity contribution in [1.82, 2.24) is 4.90 Å². The Bertz CT molecular complexity index is 454. The van der Waals surface area contributed by atoms with Gasteiger partial charge in [0, 0.05) is 18.0 Å². The Morgan fingerprint density at radius 3 is 2.60 bits per heavy atom. The molecule has 1 heterocycles. The highest BCUT2D eigenvalue weighted by molar-refractivity contribution is 7.98. The molecule has 0 spiro atoms. The Labute approximate surface area is 126 Å². The molecule has 1 aromatic carbocycles. The number of hydrogen-bond donors (Lipinski definition) is 1. The van der Waals surface area contributed by atoms with Crippen LogP contribution in [0.5, 0.6) is 0 Å². The number of piperidine rings is 1. The SMILES string of the molecule is CSc1ccccc1NC(=O)CN1C[C@@H](C)C[C@H](C)C1. The highest BCUT2D eigenvalue weighted by Gasteiger charge is 2.23. The van der Waals surface area contributed by atoms with Crippen LogP contribution in [0.3, 0.4) is 0 Å². The maximum absolute atomic E-state index is 12.2. The predicted octanol–water partition coefficient (Wildman–Crippen LogP) is 3.32. The molecule has 0 unspecified atom stereocenters. The van der Waals surface area contributed by atoms with E-state index in [0.29, 0.717) is 18.4 Å². The van der Waals surface area contributed by atoms with E-state index in [4.69, 9.17) is 0 Å². The zero-order valence-corrected chi connectivity index (χ0v) is 13.4. The number of nitrogens with one attached hydrogen (secondary N) is 1. The van der Waals surface area contributed by atoms with Gasteiger partial charge in [-0.25, -0.2) is 0 Å². The molecule has 0 aliphatic carbocycles. The second kappa shape index (κ2) is 7.14. The van der Waals surface area contributed by atoms with Crippen LogP contribution in [-0.2, 0) is 4.79 Å². The number of para-hydroxylation sites is 1. The van der Waals surface area contributed by atoms with E-state index in [0.717, 1.165) is 23.7 Å². The van der Waals surface area contributed by atoms with Gasteiger partial charge in [0.1, 0.15) is 0 Å². The molecule has 1 fully saturated rings. The van der Waals surface area contributed by atoms with Crippen LogP contribution in [0.1, 0.15) is 20.3 Å². The van der Waals surface area contributed by atoms with Crippen molar-refractivity contribution in [3.8, 4) is 0 Å². The van der Waals surface area contributed by atoms with Gasteiger partial charge in [-0.1, -0.05) is 26.0 Å². The zero-order valence-electron chi connectivity index (χ0n) is 12.6. The summed E-state index contributed by atoms with van der Waals surface area (Å²) in [5, 5.41) is 3.04. The van der Waals surface area contributed by atoms with Gasteiger partial charge < -0.3 is 5.32 Å². The summed E-state index contributed by atoms with van der Waals surface area (Å²) in [7, 11) is 0. The van der Waals surface area contributed by atoms with Crippen LogP contribution in [0.4, 0.5) is 5.69 Å². The minimum absolute atomic E-state index is 0.0906. The molecule has 1 aliphatic rings. The summed E-state index contributed by atoms with van der Waals surface area (Å²) in [6, 6.07) is 7.95. The molecule has 1 N–H and O–H groups in total. The number of rotatable bonds is 4. The average molecular weight is 292 g/mol. The van der Waals surface area contributed by atoms with Crippen molar-refractivity contribution in [3.63, 3.8) is 0 Å². The third-order valence-electron chi connectivity index (χ3n) is 3.69. The molecule has 0 aromatic heterocycles. The molecule has 1 saturated heterocycles. The van der Waals surface area contributed by atoms with E-state index in [1.165, 1.54) is 6.42 Å². The number of thioether (sulfide) groups is 1. The molecule has 2 atom stereocenters. The quantitative estimate of drug-likeness (QED) is 0.864. The van der Waals surface area contributed by atoms with Gasteiger partial charge in [-0.05, 0) is 36.6 Å². The van der Waals surface area contributed by atoms with Gasteiger partial charge in [0.2, 0.25) is 5.91 Å². The van der Waals surface area contributed by atoms with Crippen LogP contribution in [0, 0.1) is 11.8 Å². The Hall–Kier alpha value is -1.00. The second-order valence-electron chi connectivity index (χ2n) is 5.89. The molecule has 0 radical (unpaired) electrons. The molecule has 1 aromatic rings. The van der Waals surface area contributed by atoms with Crippen molar-refractivity contribution in [2.24, 2.45) is 11.8 Å². The molecular weight excluding hydrogens is 268 g/mol. The van der Waals surface area contributed by atoms with E-state index in [1.807, 2.05) is 30.5 Å². The molecule has 110 valence electrons. The van der Waals surface area contributed by atoms with E-state index in [2.05, 4.69) is 24.1 Å². The van der Waals surface area contributed by atoms with Crippen molar-refractivity contribution in [1.29, 1.82) is 0 Å². The monoisotopic (exact) mass is 292 g/mol. The first-order chi connectivity index (χ1) is 9.58. The second-order valence-corrected chi connectivity index (χ2v) is 6.74. The minimum Gasteiger partial charge on any atom is -0.324 e. The van der Waals surface area contributed by atoms with Crippen LogP contribution in [-0.4, -0.2) is 36.7 Å². The Kier molecular flexibility index (Phi) is 5.49. The van der Waals surface area contributed by atoms with Gasteiger partial charge in [-0.3, -0.25) is 9.69 Å². The largest absolute Gasteiger partial charge is 0.324 e. The van der Waals surface area contributed by atoms with E-state index >= 15 is 0 Å². The zero-order chi connectivity index (χ0) is 14.5. The normalized spacial score (nSPS) is 23.6. The fourth-order valence-corrected chi connectivity index (χ4v) is 3.62. The van der Waals surface area contributed by atoms with Crippen molar-refractivity contribution in [3.05, 3.63) is 24.3 Å². The number of carbonyl (C=O) groups is 1. The third-order valence-corrected chi connectivity index (χ3v) is 4.49. The van der Waals surface area contributed by atoms with Crippen molar-refractivity contribution in [2.45, 2.75) is 25.2 Å². The molecule has 2 rings (SSSR count). The van der Waals surface area contributed by atoms with Gasteiger partial charge >= 0.3 is 0 Å². The van der Waals surface area contributed by atoms with E-state index < -0.39 is 0 Å². The van der Waals surface area contributed by atoms with E-state index in [-0.39, 0.29) is 5.91 Å². The Balaban J connectivity index is 1.92. The number of hydrogen-bond acceptors (Lipinski definition) is 3. The van der Waals surface area contributed by atoms with E-state index in [1.54, 1.807) is 11.8 Å². The molecule has 0 saturated carbocycles. The van der Waals surface area contributed by atoms with E-state index in [9.17, 15) is 4.79 Å². The smallest absolute Gasteiger partial charge is 0.238 e. The number of carbonyl (C=O) groups excluding carboxylic acids is 1. The van der Waals surface area contributed by atoms with Crippen LogP contribution in [0.15, 0.2) is 29.2 Å². The maximum atomic E-state index is 12.2. The summed E-state index contributed by atoms with van der Waals surface area (Å²) in [5.41, 5.74) is 0.920. The fourth-order valence-electron chi connectivity index (χ4n) is 3.06. The first-order valence-electron chi connectivity index (χ1n) is 7.23. The molecule has 0 bridgehead atoms. The molecule has 1 aliphatic heterocycles. The number of benzene rings is 1. The van der Waals surface area contributed by atoms with Gasteiger partial charge in [0.25, 0.3) is 0 Å². The van der Waals surface area contributed by atoms with Crippen LogP contribution < -0.4 is 5.32 Å². The van der Waals surface area contributed by atoms with Gasteiger partial charge in [0.15, 0.2) is 0 Å². The summed E-state index contributed by atoms with van der Waals surface area (Å²) < 4.78 is 0. The van der Waals surface area contributed by atoms with Gasteiger partial charge in [0.05, 0.1) is 12.2 Å². The molecule has 3 nitrogen and oxygen atoms in total. The predicted molar refractivity (Wildman–Crippen MR) is 86.2 cm³/mol. The molecular formula is C16H24N2OS. The van der Waals surface area contributed by atoms with Crippen LogP contribution in [0.25, 0.3) is 0 Å². The lowest BCUT2D eigenvalue weighted by Crippen LogP contribution is -2.42. The Morgan fingerprint density at radius 2 is 1.95 bits per heavy atom. The molecule has 1 amide bonds. The fraction of sp³-hybridized carbons (Fsp3) is 0.562. The number of nitrogens with zero attached hydrogens (tertiary/aromatic N) is 1. The lowest BCUT2D eigenvalue weighted by molar-refractivity contribution is -0.117. The van der Waals surface area contributed by atoms with Crippen molar-refractivity contribution in [2.75, 3.05) is 31.2 Å². The molecule has 4 heteroatoms.